The van der Waals surface area contributed by atoms with E-state index in [0.717, 1.165) is 18.3 Å². The van der Waals surface area contributed by atoms with Crippen LogP contribution in [-0.2, 0) is 6.42 Å². The Kier molecular flexibility index (Phi) is 2.70. The van der Waals surface area contributed by atoms with E-state index in [4.69, 9.17) is 5.73 Å². The average molecular weight is 153 g/mol. The molecule has 1 aromatic carbocycles. The standard InChI is InChI=1S/C8H12NP/c9-8-3-1-7(2-4-8)5-6-10/h1-4H,5-6,9-10H2. The summed E-state index contributed by atoms with van der Waals surface area (Å²) in [4.78, 5) is 0. The van der Waals surface area contributed by atoms with Crippen molar-refractivity contribution in [2.24, 2.45) is 0 Å². The minimum Gasteiger partial charge on any atom is -0.399 e. The van der Waals surface area contributed by atoms with Crippen molar-refractivity contribution in [2.45, 2.75) is 6.42 Å². The third kappa shape index (κ3) is 2.00. The van der Waals surface area contributed by atoms with Crippen LogP contribution in [-0.4, -0.2) is 6.16 Å². The topological polar surface area (TPSA) is 26.0 Å². The van der Waals surface area contributed by atoms with Crippen LogP contribution in [0.25, 0.3) is 0 Å². The number of benzene rings is 1. The molecule has 0 saturated carbocycles. The quantitative estimate of drug-likeness (QED) is 0.507. The normalized spacial score (nSPS) is 9.70. The van der Waals surface area contributed by atoms with Crippen molar-refractivity contribution in [3.8, 4) is 0 Å². The molecule has 1 rings (SSSR count). The van der Waals surface area contributed by atoms with Gasteiger partial charge in [-0.2, -0.15) is 0 Å². The Bertz CT molecular complexity index is 193. The molecule has 0 bridgehead atoms. The number of rotatable bonds is 2. The Balaban J connectivity index is 2.69. The second kappa shape index (κ2) is 3.58. The van der Waals surface area contributed by atoms with Crippen molar-refractivity contribution in [3.05, 3.63) is 29.8 Å². The molecule has 1 unspecified atom stereocenters. The number of nitrogen functional groups attached to an aromatic ring is 1. The van der Waals surface area contributed by atoms with Gasteiger partial charge in [-0.1, -0.05) is 12.1 Å². The van der Waals surface area contributed by atoms with Gasteiger partial charge in [0.05, 0.1) is 0 Å². The average Bonchev–Trinajstić information content (AvgIpc) is 1.95. The Hall–Kier alpha value is -0.550. The zero-order valence-corrected chi connectivity index (χ0v) is 7.03. The minimum atomic E-state index is 0.840. The third-order valence-electron chi connectivity index (χ3n) is 1.41. The fraction of sp³-hybridized carbons (Fsp3) is 0.250. The van der Waals surface area contributed by atoms with Gasteiger partial charge < -0.3 is 5.73 Å². The van der Waals surface area contributed by atoms with Crippen LogP contribution >= 0.6 is 9.24 Å². The molecule has 0 heterocycles. The SMILES string of the molecule is Nc1ccc(CCP)cc1. The van der Waals surface area contributed by atoms with Crippen molar-refractivity contribution in [2.75, 3.05) is 11.9 Å². The Morgan fingerprint density at radius 3 is 2.30 bits per heavy atom. The lowest BCUT2D eigenvalue weighted by atomic mass is 10.2. The van der Waals surface area contributed by atoms with Crippen LogP contribution < -0.4 is 5.73 Å². The molecule has 0 fully saturated rings. The van der Waals surface area contributed by atoms with E-state index in [1.807, 2.05) is 12.1 Å². The van der Waals surface area contributed by atoms with Crippen molar-refractivity contribution in [3.63, 3.8) is 0 Å². The molecular formula is C8H12NP. The van der Waals surface area contributed by atoms with E-state index in [2.05, 4.69) is 21.4 Å². The van der Waals surface area contributed by atoms with Gasteiger partial charge in [-0.3, -0.25) is 0 Å². The predicted octanol–water partition coefficient (Wildman–Crippen LogP) is 1.69. The highest BCUT2D eigenvalue weighted by molar-refractivity contribution is 7.16. The van der Waals surface area contributed by atoms with Crippen LogP contribution in [0.15, 0.2) is 24.3 Å². The Morgan fingerprint density at radius 1 is 1.20 bits per heavy atom. The van der Waals surface area contributed by atoms with Gasteiger partial charge in [0.25, 0.3) is 0 Å². The van der Waals surface area contributed by atoms with Gasteiger partial charge in [-0.25, -0.2) is 0 Å². The highest BCUT2D eigenvalue weighted by Gasteiger charge is 1.88. The first kappa shape index (κ1) is 7.56. The maximum Gasteiger partial charge on any atom is 0.0314 e. The lowest BCUT2D eigenvalue weighted by Gasteiger charge is -1.97. The smallest absolute Gasteiger partial charge is 0.0314 e. The second-order valence-corrected chi connectivity index (χ2v) is 2.86. The first-order valence-electron chi connectivity index (χ1n) is 3.37. The molecule has 10 heavy (non-hydrogen) atoms. The Morgan fingerprint density at radius 2 is 1.80 bits per heavy atom. The Labute approximate surface area is 63.8 Å². The van der Waals surface area contributed by atoms with Crippen molar-refractivity contribution >= 4 is 14.9 Å². The summed E-state index contributed by atoms with van der Waals surface area (Å²) in [6.45, 7) is 0. The molecule has 1 aromatic rings. The molecule has 0 saturated heterocycles. The van der Waals surface area contributed by atoms with Gasteiger partial charge in [0.1, 0.15) is 0 Å². The molecule has 54 valence electrons. The number of aryl methyl sites for hydroxylation is 1. The zero-order chi connectivity index (χ0) is 7.40. The van der Waals surface area contributed by atoms with Crippen molar-refractivity contribution in [1.82, 2.24) is 0 Å². The summed E-state index contributed by atoms with van der Waals surface area (Å²) in [5.41, 5.74) is 7.71. The molecule has 1 atom stereocenters. The lowest BCUT2D eigenvalue weighted by Crippen LogP contribution is -1.87. The van der Waals surface area contributed by atoms with Crippen LogP contribution in [0.2, 0.25) is 0 Å². The minimum absolute atomic E-state index is 0.840. The molecule has 2 heteroatoms. The highest BCUT2D eigenvalue weighted by atomic mass is 31.0. The van der Waals surface area contributed by atoms with Gasteiger partial charge in [-0.15, -0.1) is 9.24 Å². The van der Waals surface area contributed by atoms with Gasteiger partial charge in [0.2, 0.25) is 0 Å². The van der Waals surface area contributed by atoms with Crippen LogP contribution in [0.1, 0.15) is 5.56 Å². The summed E-state index contributed by atoms with van der Waals surface area (Å²) in [6, 6.07) is 8.02. The van der Waals surface area contributed by atoms with Crippen LogP contribution in [0.3, 0.4) is 0 Å². The number of anilines is 1. The van der Waals surface area contributed by atoms with E-state index in [0.29, 0.717) is 0 Å². The van der Waals surface area contributed by atoms with Gasteiger partial charge in [0.15, 0.2) is 0 Å². The molecule has 2 N–H and O–H groups in total. The molecule has 0 aliphatic heterocycles. The first-order valence-corrected chi connectivity index (χ1v) is 4.19. The molecule has 1 nitrogen and oxygen atoms in total. The van der Waals surface area contributed by atoms with E-state index >= 15 is 0 Å². The number of hydrogen-bond donors (Lipinski definition) is 1. The van der Waals surface area contributed by atoms with Crippen LogP contribution in [0.4, 0.5) is 5.69 Å². The van der Waals surface area contributed by atoms with Crippen molar-refractivity contribution in [1.29, 1.82) is 0 Å². The van der Waals surface area contributed by atoms with Gasteiger partial charge >= 0.3 is 0 Å². The molecule has 0 radical (unpaired) electrons. The summed E-state index contributed by atoms with van der Waals surface area (Å²) in [6.07, 6.45) is 2.23. The maximum atomic E-state index is 5.52. The molecule has 0 aromatic heterocycles. The van der Waals surface area contributed by atoms with E-state index < -0.39 is 0 Å². The van der Waals surface area contributed by atoms with Gasteiger partial charge in [0, 0.05) is 5.69 Å². The van der Waals surface area contributed by atoms with E-state index in [1.165, 1.54) is 5.56 Å². The van der Waals surface area contributed by atoms with Gasteiger partial charge in [-0.05, 0) is 30.3 Å². The second-order valence-electron chi connectivity index (χ2n) is 2.28. The molecule has 0 amide bonds. The predicted molar refractivity (Wildman–Crippen MR) is 49.1 cm³/mol. The monoisotopic (exact) mass is 153 g/mol. The summed E-state index contributed by atoms with van der Waals surface area (Å²) in [5, 5.41) is 0. The summed E-state index contributed by atoms with van der Waals surface area (Å²) in [7, 11) is 2.71. The van der Waals surface area contributed by atoms with Crippen molar-refractivity contribution < 1.29 is 0 Å². The van der Waals surface area contributed by atoms with E-state index in [-0.39, 0.29) is 0 Å². The number of hydrogen-bond acceptors (Lipinski definition) is 1. The highest BCUT2D eigenvalue weighted by Crippen LogP contribution is 2.06. The summed E-state index contributed by atoms with van der Waals surface area (Å²) >= 11 is 0. The summed E-state index contributed by atoms with van der Waals surface area (Å²) < 4.78 is 0. The fourth-order valence-electron chi connectivity index (χ4n) is 0.851. The number of nitrogens with two attached hydrogens (primary N) is 1. The lowest BCUT2D eigenvalue weighted by molar-refractivity contribution is 1.16. The summed E-state index contributed by atoms with van der Waals surface area (Å²) in [5.74, 6) is 0. The third-order valence-corrected chi connectivity index (χ3v) is 1.70. The first-order chi connectivity index (χ1) is 4.83. The van der Waals surface area contributed by atoms with E-state index in [1.54, 1.807) is 0 Å². The molecular weight excluding hydrogens is 141 g/mol. The maximum absolute atomic E-state index is 5.52. The molecule has 0 aliphatic rings. The van der Waals surface area contributed by atoms with Crippen LogP contribution in [0, 0.1) is 0 Å². The van der Waals surface area contributed by atoms with Crippen LogP contribution in [0.5, 0.6) is 0 Å². The van der Waals surface area contributed by atoms with E-state index in [9.17, 15) is 0 Å². The molecule has 0 spiro atoms. The zero-order valence-electron chi connectivity index (χ0n) is 5.88. The molecule has 0 aliphatic carbocycles. The largest absolute Gasteiger partial charge is 0.399 e. The fourth-order valence-corrected chi connectivity index (χ4v) is 1.18.